The Morgan fingerprint density at radius 2 is 1.61 bits per heavy atom. The molecule has 4 amide bonds. The quantitative estimate of drug-likeness (QED) is 0.218. The number of fused-ring (bicyclic) bond motifs is 2. The van der Waals surface area contributed by atoms with E-state index in [9.17, 15) is 27.6 Å². The van der Waals surface area contributed by atoms with Gasteiger partial charge in [0.15, 0.2) is 0 Å². The first-order valence-electron chi connectivity index (χ1n) is 15.7. The monoisotopic (exact) mass is 646 g/mol. The van der Waals surface area contributed by atoms with Gasteiger partial charge < -0.3 is 24.6 Å². The Kier molecular flexibility index (Phi) is 12.3. The van der Waals surface area contributed by atoms with Crippen LogP contribution >= 0.6 is 0 Å². The topological polar surface area (TPSA) is 161 Å². The molecule has 3 rings (SSSR count). The molecule has 0 aromatic carbocycles. The highest BCUT2D eigenvalue weighted by Crippen LogP contribution is 2.32. The molecule has 0 unspecified atom stereocenters. The zero-order valence-electron chi connectivity index (χ0n) is 27.0. The molecule has 0 aliphatic carbocycles. The minimum absolute atomic E-state index is 0.125. The summed E-state index contributed by atoms with van der Waals surface area (Å²) in [4.78, 5) is 54.0. The van der Waals surface area contributed by atoms with Crippen LogP contribution in [0.1, 0.15) is 99.3 Å². The average Bonchev–Trinajstić information content (AvgIpc) is 3.17. The van der Waals surface area contributed by atoms with Crippen molar-refractivity contribution in [2.75, 3.05) is 32.8 Å². The minimum atomic E-state index is -4.70. The number of piperidine rings is 2. The summed E-state index contributed by atoms with van der Waals surface area (Å²) in [6, 6.07) is -2.28. The molecule has 0 aromatic heterocycles. The highest BCUT2D eigenvalue weighted by atomic mass is 32.3. The third kappa shape index (κ3) is 10.2. The lowest BCUT2D eigenvalue weighted by Gasteiger charge is -2.35. The first-order chi connectivity index (χ1) is 20.5. The summed E-state index contributed by atoms with van der Waals surface area (Å²) in [7, 11) is -4.70. The Hall–Kier alpha value is -2.65. The molecule has 3 saturated heterocycles. The Bertz CT molecular complexity index is 1130. The standard InChI is InChI=1S/C29H50N4O10S/c1-7-8-9-10-11-18-40-25(35)29(5,6)20-41-44(38,39)43-33-22-12-13-23(32(19-22)26(33)36)24(34)30-21-14-16-31(17-15-21)27(37)42-28(2,3)4/h21-23H,7-20H2,1-6H3,(H,30,34)/t22-,23+/m1/s1. The maximum absolute atomic E-state index is 13.2. The van der Waals surface area contributed by atoms with E-state index >= 15 is 0 Å². The second kappa shape index (κ2) is 15.1. The van der Waals surface area contributed by atoms with Crippen molar-refractivity contribution < 1.29 is 45.5 Å². The molecule has 44 heavy (non-hydrogen) atoms. The first-order valence-corrected chi connectivity index (χ1v) is 17.0. The maximum Gasteiger partial charge on any atom is 0.421 e. The van der Waals surface area contributed by atoms with Gasteiger partial charge in [0, 0.05) is 25.7 Å². The zero-order chi connectivity index (χ0) is 32.7. The number of unbranched alkanes of at least 4 members (excludes halogenated alkanes) is 4. The molecule has 0 saturated carbocycles. The normalized spacial score (nSPS) is 21.4. The SMILES string of the molecule is CCCCCCCOC(=O)C(C)(C)COS(=O)(=O)ON1C(=O)N2C[C@H]1CC[C@H]2C(=O)NC1CCN(C(=O)OC(C)(C)C)CC1. The molecule has 1 N–H and O–H groups in total. The fourth-order valence-electron chi connectivity index (χ4n) is 5.30. The Morgan fingerprint density at radius 3 is 2.25 bits per heavy atom. The summed E-state index contributed by atoms with van der Waals surface area (Å²) >= 11 is 0. The van der Waals surface area contributed by atoms with Gasteiger partial charge in [0.1, 0.15) is 11.6 Å². The number of esters is 1. The van der Waals surface area contributed by atoms with E-state index in [2.05, 4.69) is 12.2 Å². The largest absolute Gasteiger partial charge is 0.465 e. The van der Waals surface area contributed by atoms with Gasteiger partial charge in [-0.3, -0.25) is 9.59 Å². The lowest BCUT2D eigenvalue weighted by molar-refractivity contribution is -0.156. The Balaban J connectivity index is 1.45. The summed E-state index contributed by atoms with van der Waals surface area (Å²) in [6.45, 7) is 11.2. The smallest absolute Gasteiger partial charge is 0.421 e. The van der Waals surface area contributed by atoms with Gasteiger partial charge in [-0.2, -0.15) is 13.5 Å². The summed E-state index contributed by atoms with van der Waals surface area (Å²) < 4.78 is 46.0. The number of carbonyl (C=O) groups is 4. The van der Waals surface area contributed by atoms with Crippen molar-refractivity contribution >= 4 is 34.4 Å². The van der Waals surface area contributed by atoms with E-state index in [0.717, 1.165) is 37.2 Å². The van der Waals surface area contributed by atoms with E-state index in [4.69, 9.17) is 17.9 Å². The fraction of sp³-hybridized carbons (Fsp3) is 0.862. The van der Waals surface area contributed by atoms with E-state index in [-0.39, 0.29) is 31.2 Å². The van der Waals surface area contributed by atoms with Crippen LogP contribution in [-0.2, 0) is 37.9 Å². The predicted octanol–water partition coefficient (Wildman–Crippen LogP) is 3.50. The zero-order valence-corrected chi connectivity index (χ0v) is 27.8. The van der Waals surface area contributed by atoms with Gasteiger partial charge in [0.25, 0.3) is 0 Å². The van der Waals surface area contributed by atoms with Crippen LogP contribution in [0.15, 0.2) is 0 Å². The molecule has 3 aliphatic rings. The van der Waals surface area contributed by atoms with Crippen molar-refractivity contribution in [3.63, 3.8) is 0 Å². The molecule has 2 atom stereocenters. The van der Waals surface area contributed by atoms with E-state index in [1.54, 1.807) is 25.7 Å². The number of urea groups is 1. The number of nitrogens with one attached hydrogen (secondary N) is 1. The highest BCUT2D eigenvalue weighted by molar-refractivity contribution is 7.81. The van der Waals surface area contributed by atoms with Crippen molar-refractivity contribution in [2.45, 2.75) is 123 Å². The van der Waals surface area contributed by atoms with Crippen molar-refractivity contribution in [3.05, 3.63) is 0 Å². The lowest BCUT2D eigenvalue weighted by Crippen LogP contribution is -2.54. The van der Waals surface area contributed by atoms with Crippen LogP contribution in [0, 0.1) is 5.41 Å². The Labute approximate surface area is 261 Å². The van der Waals surface area contributed by atoms with E-state index in [0.29, 0.717) is 38.8 Å². The van der Waals surface area contributed by atoms with Crippen LogP contribution < -0.4 is 5.32 Å². The number of likely N-dealkylation sites (tertiary alicyclic amines) is 1. The Morgan fingerprint density at radius 1 is 0.955 bits per heavy atom. The predicted molar refractivity (Wildman–Crippen MR) is 159 cm³/mol. The molecule has 0 spiro atoms. The second-order valence-electron chi connectivity index (χ2n) is 13.4. The molecule has 3 fully saturated rings. The number of rotatable bonds is 14. The molecule has 2 bridgehead atoms. The van der Waals surface area contributed by atoms with Crippen LogP contribution in [0.2, 0.25) is 0 Å². The highest BCUT2D eigenvalue weighted by Gasteiger charge is 2.50. The van der Waals surface area contributed by atoms with Crippen LogP contribution in [0.3, 0.4) is 0 Å². The number of ether oxygens (including phenoxy) is 2. The van der Waals surface area contributed by atoms with Gasteiger partial charge in [0.05, 0.1) is 24.7 Å². The van der Waals surface area contributed by atoms with Gasteiger partial charge in [-0.15, -0.1) is 4.28 Å². The molecule has 252 valence electrons. The molecular weight excluding hydrogens is 596 g/mol. The second-order valence-corrected chi connectivity index (χ2v) is 14.6. The molecule has 3 heterocycles. The summed E-state index contributed by atoms with van der Waals surface area (Å²) in [5.41, 5.74) is -1.86. The minimum Gasteiger partial charge on any atom is -0.465 e. The number of amides is 4. The molecule has 15 heteroatoms. The van der Waals surface area contributed by atoms with Gasteiger partial charge in [-0.1, -0.05) is 32.6 Å². The van der Waals surface area contributed by atoms with Crippen LogP contribution in [0.4, 0.5) is 9.59 Å². The van der Waals surface area contributed by atoms with Crippen molar-refractivity contribution in [1.82, 2.24) is 20.2 Å². The first kappa shape index (κ1) is 35.8. The molecule has 0 radical (unpaired) electrons. The number of carbonyl (C=O) groups excluding carboxylic acids is 4. The number of hydroxylamine groups is 2. The van der Waals surface area contributed by atoms with E-state index in [1.807, 2.05) is 0 Å². The summed E-state index contributed by atoms with van der Waals surface area (Å²) in [6.07, 6.45) is 6.34. The van der Waals surface area contributed by atoms with Gasteiger partial charge in [-0.25, -0.2) is 13.8 Å². The third-order valence-corrected chi connectivity index (χ3v) is 8.64. The average molecular weight is 647 g/mol. The molecule has 0 aromatic rings. The van der Waals surface area contributed by atoms with E-state index < -0.39 is 52.1 Å². The summed E-state index contributed by atoms with van der Waals surface area (Å²) in [5.74, 6) is -0.925. The van der Waals surface area contributed by atoms with Crippen LogP contribution in [0.5, 0.6) is 0 Å². The number of nitrogens with zero attached hydrogens (tertiary/aromatic N) is 3. The van der Waals surface area contributed by atoms with Gasteiger partial charge in [-0.05, 0) is 66.7 Å². The molecule has 14 nitrogen and oxygen atoms in total. The number of hydrogen-bond acceptors (Lipinski definition) is 10. The fourth-order valence-corrected chi connectivity index (χ4v) is 6.16. The maximum atomic E-state index is 13.2. The molecule has 3 aliphatic heterocycles. The third-order valence-electron chi connectivity index (χ3n) is 7.89. The summed E-state index contributed by atoms with van der Waals surface area (Å²) in [5, 5.41) is 3.72. The van der Waals surface area contributed by atoms with Crippen molar-refractivity contribution in [3.8, 4) is 0 Å². The lowest BCUT2D eigenvalue weighted by atomic mass is 9.95. The van der Waals surface area contributed by atoms with Crippen molar-refractivity contribution in [1.29, 1.82) is 0 Å². The van der Waals surface area contributed by atoms with E-state index in [1.165, 1.54) is 18.7 Å². The van der Waals surface area contributed by atoms with Crippen LogP contribution in [0.25, 0.3) is 0 Å². The van der Waals surface area contributed by atoms with Crippen LogP contribution in [-0.4, -0.2) is 104 Å². The van der Waals surface area contributed by atoms with Gasteiger partial charge in [0.2, 0.25) is 5.91 Å². The molecular formula is C29H50N4O10S. The number of hydrogen-bond donors (Lipinski definition) is 1. The van der Waals surface area contributed by atoms with Gasteiger partial charge >= 0.3 is 28.5 Å². The van der Waals surface area contributed by atoms with Crippen molar-refractivity contribution in [2.24, 2.45) is 5.41 Å².